The zero-order chi connectivity index (χ0) is 17.9. The zero-order valence-electron chi connectivity index (χ0n) is 15.0. The topological polar surface area (TPSA) is 63.1 Å². The van der Waals surface area contributed by atoms with Gasteiger partial charge in [-0.15, -0.1) is 28.8 Å². The van der Waals surface area contributed by atoms with E-state index in [0.29, 0.717) is 11.7 Å². The fourth-order valence-corrected chi connectivity index (χ4v) is 4.03. The average molecular weight is 404 g/mol. The summed E-state index contributed by atoms with van der Waals surface area (Å²) in [5.74, 6) is 1.39. The Labute approximate surface area is 168 Å². The molecule has 1 unspecified atom stereocenters. The van der Waals surface area contributed by atoms with E-state index in [0.717, 1.165) is 36.6 Å². The molecule has 1 N–H and O–H groups in total. The van der Waals surface area contributed by atoms with Crippen molar-refractivity contribution >= 4 is 29.7 Å². The first-order valence-electron chi connectivity index (χ1n) is 8.76. The van der Waals surface area contributed by atoms with E-state index in [2.05, 4.69) is 15.4 Å². The van der Waals surface area contributed by atoms with E-state index in [9.17, 15) is 4.79 Å². The molecular weight excluding hydrogens is 382 g/mol. The van der Waals surface area contributed by atoms with Crippen LogP contribution in [-0.2, 0) is 0 Å². The highest BCUT2D eigenvalue weighted by molar-refractivity contribution is 7.13. The van der Waals surface area contributed by atoms with Crippen molar-refractivity contribution in [3.05, 3.63) is 53.7 Å². The summed E-state index contributed by atoms with van der Waals surface area (Å²) in [5.41, 5.74) is 0.900. The van der Waals surface area contributed by atoms with Gasteiger partial charge in [0.1, 0.15) is 0 Å². The maximum absolute atomic E-state index is 12.9. The van der Waals surface area contributed by atoms with Crippen molar-refractivity contribution < 1.29 is 4.79 Å². The number of likely N-dealkylation sites (tertiary alicyclic amines) is 1. The Morgan fingerprint density at radius 1 is 1.26 bits per heavy atom. The Bertz CT molecular complexity index is 881. The number of nitrogens with one attached hydrogen (secondary N) is 1. The lowest BCUT2D eigenvalue weighted by Crippen LogP contribution is -2.31. The standard InChI is InChI=1S/C19H21N5OS.ClH/c1-20-12-14-9-10-23(13-14)19(25)17-21-18(16-8-5-11-26-16)24(22-17)15-6-3-2-4-7-15;/h2-8,11,14,20H,9-10,12-13H2,1H3;1H. The first-order chi connectivity index (χ1) is 12.8. The van der Waals surface area contributed by atoms with E-state index in [-0.39, 0.29) is 24.1 Å². The second-order valence-electron chi connectivity index (χ2n) is 6.45. The predicted octanol–water partition coefficient (Wildman–Crippen LogP) is 3.10. The molecule has 1 saturated heterocycles. The highest BCUT2D eigenvalue weighted by Crippen LogP contribution is 2.26. The van der Waals surface area contributed by atoms with Gasteiger partial charge in [0.05, 0.1) is 10.6 Å². The number of hydrogen-bond acceptors (Lipinski definition) is 5. The molecule has 0 saturated carbocycles. The van der Waals surface area contributed by atoms with E-state index in [4.69, 9.17) is 0 Å². The van der Waals surface area contributed by atoms with Crippen molar-refractivity contribution in [2.45, 2.75) is 6.42 Å². The number of rotatable bonds is 5. The largest absolute Gasteiger partial charge is 0.336 e. The molecular formula is C19H22ClN5OS. The SMILES string of the molecule is CNCC1CCN(C(=O)c2nc(-c3cccs3)n(-c3ccccc3)n2)C1.Cl. The van der Waals surface area contributed by atoms with E-state index >= 15 is 0 Å². The summed E-state index contributed by atoms with van der Waals surface area (Å²) >= 11 is 1.59. The Morgan fingerprint density at radius 3 is 2.78 bits per heavy atom. The molecule has 1 aromatic carbocycles. The summed E-state index contributed by atoms with van der Waals surface area (Å²) < 4.78 is 1.76. The highest BCUT2D eigenvalue weighted by atomic mass is 35.5. The van der Waals surface area contributed by atoms with E-state index in [1.165, 1.54) is 0 Å². The van der Waals surface area contributed by atoms with E-state index in [1.54, 1.807) is 16.0 Å². The van der Waals surface area contributed by atoms with Gasteiger partial charge in [-0.25, -0.2) is 9.67 Å². The van der Waals surface area contributed by atoms with Crippen LogP contribution in [0.3, 0.4) is 0 Å². The van der Waals surface area contributed by atoms with Gasteiger partial charge in [0.2, 0.25) is 5.82 Å². The summed E-state index contributed by atoms with van der Waals surface area (Å²) in [6, 6.07) is 13.8. The molecule has 0 spiro atoms. The molecule has 1 fully saturated rings. The smallest absolute Gasteiger partial charge is 0.293 e. The second kappa shape index (κ2) is 8.65. The molecule has 1 aliphatic rings. The monoisotopic (exact) mass is 403 g/mol. The molecule has 0 aliphatic carbocycles. The number of amides is 1. The van der Waals surface area contributed by atoms with Crippen molar-refractivity contribution in [1.29, 1.82) is 0 Å². The van der Waals surface area contributed by atoms with Crippen LogP contribution in [0.25, 0.3) is 16.4 Å². The minimum atomic E-state index is -0.0870. The van der Waals surface area contributed by atoms with E-state index in [1.807, 2.05) is 59.8 Å². The summed E-state index contributed by atoms with van der Waals surface area (Å²) in [5, 5.41) is 9.75. The van der Waals surface area contributed by atoms with Crippen molar-refractivity contribution in [2.24, 2.45) is 5.92 Å². The maximum atomic E-state index is 12.9. The number of hydrogen-bond donors (Lipinski definition) is 1. The summed E-state index contributed by atoms with van der Waals surface area (Å²) in [6.45, 7) is 2.45. The quantitative estimate of drug-likeness (QED) is 0.711. The van der Waals surface area contributed by atoms with Gasteiger partial charge in [0, 0.05) is 13.1 Å². The lowest BCUT2D eigenvalue weighted by Gasteiger charge is -2.14. The van der Waals surface area contributed by atoms with Gasteiger partial charge in [0.15, 0.2) is 5.82 Å². The third kappa shape index (κ3) is 4.05. The highest BCUT2D eigenvalue weighted by Gasteiger charge is 2.29. The normalized spacial score (nSPS) is 16.3. The average Bonchev–Trinajstić information content (AvgIpc) is 3.42. The van der Waals surface area contributed by atoms with Gasteiger partial charge >= 0.3 is 0 Å². The molecule has 2 aromatic heterocycles. The number of benzene rings is 1. The first-order valence-corrected chi connectivity index (χ1v) is 9.64. The molecule has 1 amide bonds. The van der Waals surface area contributed by atoms with Gasteiger partial charge in [-0.2, -0.15) is 0 Å². The van der Waals surface area contributed by atoms with Crippen LogP contribution in [0, 0.1) is 5.92 Å². The molecule has 3 heterocycles. The van der Waals surface area contributed by atoms with Crippen LogP contribution in [0.15, 0.2) is 47.8 Å². The molecule has 3 aromatic rings. The van der Waals surface area contributed by atoms with Crippen LogP contribution in [0.4, 0.5) is 0 Å². The number of para-hydroxylation sites is 1. The molecule has 4 rings (SSSR count). The number of thiophene rings is 1. The fraction of sp³-hybridized carbons (Fsp3) is 0.316. The van der Waals surface area contributed by atoms with Crippen molar-refractivity contribution in [3.63, 3.8) is 0 Å². The predicted molar refractivity (Wildman–Crippen MR) is 110 cm³/mol. The van der Waals surface area contributed by atoms with Crippen LogP contribution in [0.1, 0.15) is 17.0 Å². The number of aromatic nitrogens is 3. The Hall–Kier alpha value is -2.22. The molecule has 0 bridgehead atoms. The second-order valence-corrected chi connectivity index (χ2v) is 7.39. The maximum Gasteiger partial charge on any atom is 0.293 e. The van der Waals surface area contributed by atoms with Crippen molar-refractivity contribution in [1.82, 2.24) is 25.0 Å². The number of carbonyl (C=O) groups is 1. The summed E-state index contributed by atoms with van der Waals surface area (Å²) in [7, 11) is 1.95. The zero-order valence-corrected chi connectivity index (χ0v) is 16.7. The minimum Gasteiger partial charge on any atom is -0.336 e. The van der Waals surface area contributed by atoms with Gasteiger partial charge in [-0.3, -0.25) is 4.79 Å². The fourth-order valence-electron chi connectivity index (χ4n) is 3.33. The van der Waals surface area contributed by atoms with Gasteiger partial charge in [0.25, 0.3) is 5.91 Å². The lowest BCUT2D eigenvalue weighted by atomic mass is 10.1. The Balaban J connectivity index is 0.00000210. The number of carbonyl (C=O) groups excluding carboxylic acids is 1. The molecule has 1 aliphatic heterocycles. The third-order valence-corrected chi connectivity index (χ3v) is 5.47. The number of nitrogens with zero attached hydrogens (tertiary/aromatic N) is 4. The lowest BCUT2D eigenvalue weighted by molar-refractivity contribution is 0.0775. The van der Waals surface area contributed by atoms with E-state index < -0.39 is 0 Å². The van der Waals surface area contributed by atoms with Crippen LogP contribution in [-0.4, -0.2) is 52.3 Å². The van der Waals surface area contributed by atoms with Crippen LogP contribution in [0.2, 0.25) is 0 Å². The van der Waals surface area contributed by atoms with Crippen LogP contribution in [0.5, 0.6) is 0 Å². The van der Waals surface area contributed by atoms with Crippen molar-refractivity contribution in [3.8, 4) is 16.4 Å². The molecule has 0 radical (unpaired) electrons. The minimum absolute atomic E-state index is 0. The van der Waals surface area contributed by atoms with Crippen LogP contribution < -0.4 is 5.32 Å². The molecule has 1 atom stereocenters. The van der Waals surface area contributed by atoms with Gasteiger partial charge in [-0.1, -0.05) is 24.3 Å². The molecule has 6 nitrogen and oxygen atoms in total. The molecule has 27 heavy (non-hydrogen) atoms. The summed E-state index contributed by atoms with van der Waals surface area (Å²) in [4.78, 5) is 20.4. The third-order valence-electron chi connectivity index (χ3n) is 4.61. The van der Waals surface area contributed by atoms with Gasteiger partial charge in [-0.05, 0) is 49.5 Å². The summed E-state index contributed by atoms with van der Waals surface area (Å²) in [6.07, 6.45) is 1.02. The first kappa shape index (κ1) is 19.5. The van der Waals surface area contributed by atoms with Crippen molar-refractivity contribution in [2.75, 3.05) is 26.7 Å². The van der Waals surface area contributed by atoms with Gasteiger partial charge < -0.3 is 10.2 Å². The molecule has 142 valence electrons. The van der Waals surface area contributed by atoms with Crippen LogP contribution >= 0.6 is 23.7 Å². The Morgan fingerprint density at radius 2 is 2.07 bits per heavy atom. The number of halogens is 1. The Kier molecular flexibility index (Phi) is 6.26. The molecule has 8 heteroatoms.